The van der Waals surface area contributed by atoms with E-state index in [1.807, 2.05) is 4.90 Å². The number of nitrogens with one attached hydrogen (secondary N) is 1. The van der Waals surface area contributed by atoms with Crippen LogP contribution in [0.4, 0.5) is 11.4 Å². The SMILES string of the molecule is CCC1CN(Cc2ccccc2)c2cc(C3=CCNCC3)ccc2N1C(C)=O. The van der Waals surface area contributed by atoms with Gasteiger partial charge in [0.2, 0.25) is 5.91 Å². The Hall–Kier alpha value is -2.59. The Morgan fingerprint density at radius 1 is 1.14 bits per heavy atom. The molecule has 0 spiro atoms. The van der Waals surface area contributed by atoms with Crippen LogP contribution in [0.1, 0.15) is 37.8 Å². The third kappa shape index (κ3) is 3.69. The van der Waals surface area contributed by atoms with Crippen molar-refractivity contribution < 1.29 is 4.79 Å². The number of rotatable bonds is 4. The van der Waals surface area contributed by atoms with Gasteiger partial charge in [-0.05, 0) is 48.2 Å². The number of nitrogens with zero attached hydrogens (tertiary/aromatic N) is 2. The molecule has 2 aromatic rings. The second kappa shape index (κ2) is 8.19. The third-order valence-corrected chi connectivity index (χ3v) is 5.83. The van der Waals surface area contributed by atoms with Gasteiger partial charge in [-0.2, -0.15) is 0 Å². The molecule has 0 bridgehead atoms. The number of hydrogen-bond acceptors (Lipinski definition) is 3. The molecule has 2 aliphatic heterocycles. The van der Waals surface area contributed by atoms with E-state index in [4.69, 9.17) is 0 Å². The topological polar surface area (TPSA) is 35.6 Å². The van der Waals surface area contributed by atoms with Gasteiger partial charge in [-0.25, -0.2) is 0 Å². The molecule has 1 atom stereocenters. The second-order valence-corrected chi connectivity index (χ2v) is 7.70. The van der Waals surface area contributed by atoms with Gasteiger partial charge >= 0.3 is 0 Å². The van der Waals surface area contributed by atoms with Crippen LogP contribution in [0, 0.1) is 0 Å². The summed E-state index contributed by atoms with van der Waals surface area (Å²) in [6, 6.07) is 17.4. The Morgan fingerprint density at radius 2 is 1.96 bits per heavy atom. The van der Waals surface area contributed by atoms with Crippen LogP contribution < -0.4 is 15.1 Å². The lowest BCUT2D eigenvalue weighted by Gasteiger charge is -2.43. The molecule has 4 heteroatoms. The molecule has 0 fully saturated rings. The lowest BCUT2D eigenvalue weighted by atomic mass is 9.96. The molecule has 0 aliphatic carbocycles. The van der Waals surface area contributed by atoms with E-state index in [-0.39, 0.29) is 11.9 Å². The van der Waals surface area contributed by atoms with Crippen LogP contribution in [-0.4, -0.2) is 31.6 Å². The van der Waals surface area contributed by atoms with Crippen LogP contribution in [0.5, 0.6) is 0 Å². The molecule has 146 valence electrons. The van der Waals surface area contributed by atoms with E-state index in [2.05, 4.69) is 71.7 Å². The minimum absolute atomic E-state index is 0.126. The summed E-state index contributed by atoms with van der Waals surface area (Å²) < 4.78 is 0. The molecule has 0 radical (unpaired) electrons. The first-order valence-electron chi connectivity index (χ1n) is 10.3. The van der Waals surface area contributed by atoms with Crippen molar-refractivity contribution >= 4 is 22.9 Å². The summed E-state index contributed by atoms with van der Waals surface area (Å²) in [7, 11) is 0. The summed E-state index contributed by atoms with van der Waals surface area (Å²) >= 11 is 0. The van der Waals surface area contributed by atoms with Crippen LogP contribution in [0.2, 0.25) is 0 Å². The molecule has 0 aromatic heterocycles. The zero-order chi connectivity index (χ0) is 19.5. The number of carbonyl (C=O) groups is 1. The standard InChI is InChI=1S/C24H29N3O/c1-3-22-17-26(16-19-7-5-4-6-8-19)24-15-21(20-11-13-25-14-12-20)9-10-23(24)27(22)18(2)28/h4-11,15,22,25H,3,12-14,16-17H2,1-2H3. The molecule has 2 aliphatic rings. The van der Waals surface area contributed by atoms with Gasteiger partial charge in [-0.1, -0.05) is 49.4 Å². The summed E-state index contributed by atoms with van der Waals surface area (Å²) in [6.45, 7) is 7.52. The Balaban J connectivity index is 1.76. The first-order valence-corrected chi connectivity index (χ1v) is 10.3. The average Bonchev–Trinajstić information content (AvgIpc) is 2.74. The van der Waals surface area contributed by atoms with E-state index in [9.17, 15) is 4.79 Å². The highest BCUT2D eigenvalue weighted by atomic mass is 16.2. The van der Waals surface area contributed by atoms with Crippen molar-refractivity contribution in [2.24, 2.45) is 0 Å². The van der Waals surface area contributed by atoms with E-state index in [0.29, 0.717) is 0 Å². The van der Waals surface area contributed by atoms with Crippen molar-refractivity contribution in [1.82, 2.24) is 5.32 Å². The third-order valence-electron chi connectivity index (χ3n) is 5.83. The van der Waals surface area contributed by atoms with Gasteiger partial charge in [0.1, 0.15) is 0 Å². The molecule has 1 amide bonds. The highest BCUT2D eigenvalue weighted by molar-refractivity contribution is 5.98. The fourth-order valence-electron chi connectivity index (χ4n) is 4.39. The quantitative estimate of drug-likeness (QED) is 0.869. The first kappa shape index (κ1) is 18.8. The van der Waals surface area contributed by atoms with Crippen LogP contribution >= 0.6 is 0 Å². The molecule has 1 unspecified atom stereocenters. The summed E-state index contributed by atoms with van der Waals surface area (Å²) in [6.07, 6.45) is 4.28. The normalized spacial score (nSPS) is 19.2. The van der Waals surface area contributed by atoms with Crippen molar-refractivity contribution in [2.45, 2.75) is 39.3 Å². The van der Waals surface area contributed by atoms with E-state index in [0.717, 1.165) is 44.7 Å². The fraction of sp³-hybridized carbons (Fsp3) is 0.375. The molecule has 0 saturated carbocycles. The lowest BCUT2D eigenvalue weighted by Crippen LogP contribution is -2.50. The van der Waals surface area contributed by atoms with Gasteiger partial charge in [-0.15, -0.1) is 0 Å². The minimum Gasteiger partial charge on any atom is -0.363 e. The number of anilines is 2. The Morgan fingerprint density at radius 3 is 2.64 bits per heavy atom. The average molecular weight is 376 g/mol. The van der Waals surface area contributed by atoms with E-state index < -0.39 is 0 Å². The largest absolute Gasteiger partial charge is 0.363 e. The number of benzene rings is 2. The molecular weight excluding hydrogens is 346 g/mol. The smallest absolute Gasteiger partial charge is 0.224 e. The molecule has 0 saturated heterocycles. The number of fused-ring (bicyclic) bond motifs is 1. The number of amides is 1. The van der Waals surface area contributed by atoms with E-state index in [1.54, 1.807) is 6.92 Å². The molecule has 28 heavy (non-hydrogen) atoms. The minimum atomic E-state index is 0.126. The maximum absolute atomic E-state index is 12.5. The molecular formula is C24H29N3O. The van der Waals surface area contributed by atoms with Crippen molar-refractivity contribution in [1.29, 1.82) is 0 Å². The maximum atomic E-state index is 12.5. The Labute approximate surface area is 167 Å². The van der Waals surface area contributed by atoms with Crippen LogP contribution in [0.25, 0.3) is 5.57 Å². The Bertz CT molecular complexity index is 875. The first-order chi connectivity index (χ1) is 13.7. The molecule has 1 N–H and O–H groups in total. The zero-order valence-corrected chi connectivity index (χ0v) is 16.8. The van der Waals surface area contributed by atoms with Crippen LogP contribution in [-0.2, 0) is 11.3 Å². The highest BCUT2D eigenvalue weighted by Crippen LogP contribution is 2.39. The summed E-state index contributed by atoms with van der Waals surface area (Å²) in [4.78, 5) is 16.9. The van der Waals surface area contributed by atoms with Crippen molar-refractivity contribution in [2.75, 3.05) is 29.4 Å². The van der Waals surface area contributed by atoms with Crippen molar-refractivity contribution in [3.63, 3.8) is 0 Å². The van der Waals surface area contributed by atoms with E-state index >= 15 is 0 Å². The van der Waals surface area contributed by atoms with Crippen molar-refractivity contribution in [3.05, 3.63) is 65.7 Å². The Kier molecular flexibility index (Phi) is 5.49. The molecule has 4 nitrogen and oxygen atoms in total. The summed E-state index contributed by atoms with van der Waals surface area (Å²) in [5.74, 6) is 0.126. The van der Waals surface area contributed by atoms with Gasteiger partial charge in [0, 0.05) is 26.6 Å². The lowest BCUT2D eigenvalue weighted by molar-refractivity contribution is -0.117. The summed E-state index contributed by atoms with van der Waals surface area (Å²) in [5.41, 5.74) is 6.18. The van der Waals surface area contributed by atoms with Gasteiger partial charge in [0.05, 0.1) is 17.4 Å². The second-order valence-electron chi connectivity index (χ2n) is 7.70. The van der Waals surface area contributed by atoms with Gasteiger partial charge < -0.3 is 15.1 Å². The van der Waals surface area contributed by atoms with Crippen LogP contribution in [0.3, 0.4) is 0 Å². The fourth-order valence-corrected chi connectivity index (χ4v) is 4.39. The molecule has 2 heterocycles. The predicted molar refractivity (Wildman–Crippen MR) is 117 cm³/mol. The highest BCUT2D eigenvalue weighted by Gasteiger charge is 2.32. The van der Waals surface area contributed by atoms with Gasteiger partial charge in [-0.3, -0.25) is 4.79 Å². The monoisotopic (exact) mass is 375 g/mol. The van der Waals surface area contributed by atoms with Crippen LogP contribution in [0.15, 0.2) is 54.6 Å². The maximum Gasteiger partial charge on any atom is 0.224 e. The zero-order valence-electron chi connectivity index (χ0n) is 16.8. The van der Waals surface area contributed by atoms with E-state index in [1.165, 1.54) is 22.4 Å². The molecule has 4 rings (SSSR count). The molecule has 2 aromatic carbocycles. The summed E-state index contributed by atoms with van der Waals surface area (Å²) in [5, 5.41) is 3.38. The van der Waals surface area contributed by atoms with Gasteiger partial charge in [0.15, 0.2) is 0 Å². The number of hydrogen-bond donors (Lipinski definition) is 1. The predicted octanol–water partition coefficient (Wildman–Crippen LogP) is 4.22. The number of carbonyl (C=O) groups excluding carboxylic acids is 1. The van der Waals surface area contributed by atoms with Gasteiger partial charge in [0.25, 0.3) is 0 Å². The van der Waals surface area contributed by atoms with Crippen molar-refractivity contribution in [3.8, 4) is 0 Å².